The van der Waals surface area contributed by atoms with E-state index < -0.39 is 0 Å². The van der Waals surface area contributed by atoms with Crippen LogP contribution in [-0.2, 0) is 0 Å². The van der Waals surface area contributed by atoms with Crippen LogP contribution in [0.1, 0.15) is 42.5 Å². The lowest BCUT2D eigenvalue weighted by atomic mass is 9.78. The van der Waals surface area contributed by atoms with Crippen molar-refractivity contribution in [2.45, 2.75) is 25.8 Å². The second kappa shape index (κ2) is 8.77. The van der Waals surface area contributed by atoms with Crippen LogP contribution in [0.15, 0.2) is 112 Å². The fourth-order valence-electron chi connectivity index (χ4n) is 5.20. The quantitative estimate of drug-likeness (QED) is 0.390. The van der Waals surface area contributed by atoms with Gasteiger partial charge in [0.05, 0.1) is 17.4 Å². The van der Waals surface area contributed by atoms with Gasteiger partial charge in [-0.2, -0.15) is 0 Å². The predicted octanol–water partition coefficient (Wildman–Crippen LogP) is 8.05. The van der Waals surface area contributed by atoms with Crippen LogP contribution in [-0.4, -0.2) is 10.1 Å². The molecule has 2 aliphatic heterocycles. The van der Waals surface area contributed by atoms with E-state index in [9.17, 15) is 4.39 Å². The molecule has 0 radical (unpaired) electrons. The van der Waals surface area contributed by atoms with Gasteiger partial charge in [0.25, 0.3) is 0 Å². The fourth-order valence-corrected chi connectivity index (χ4v) is 6.13. The van der Waals surface area contributed by atoms with Crippen molar-refractivity contribution >= 4 is 28.7 Å². The van der Waals surface area contributed by atoms with Gasteiger partial charge in [-0.1, -0.05) is 79.3 Å². The lowest BCUT2D eigenvalue weighted by molar-refractivity contribution is 0.425. The maximum absolute atomic E-state index is 13.7. The Kier molecular flexibility index (Phi) is 5.46. The number of nitrogens with zero attached hydrogens (tertiary/aromatic N) is 2. The lowest BCUT2D eigenvalue weighted by Gasteiger charge is -2.41. The molecule has 0 spiro atoms. The number of amidine groups is 1. The maximum Gasteiger partial charge on any atom is 0.174 e. The third-order valence-electron chi connectivity index (χ3n) is 6.68. The number of halogens is 1. The number of rotatable bonds is 3. The van der Waals surface area contributed by atoms with Gasteiger partial charge >= 0.3 is 0 Å². The number of fused-ring (bicyclic) bond motifs is 1. The third kappa shape index (κ3) is 3.82. The minimum absolute atomic E-state index is 0.0666. The molecule has 168 valence electrons. The highest BCUT2D eigenvalue weighted by Crippen LogP contribution is 2.51. The molecule has 6 rings (SSSR count). The smallest absolute Gasteiger partial charge is 0.174 e. The number of hydrogen-bond donors (Lipinski definition) is 0. The first-order valence-electron chi connectivity index (χ1n) is 11.7. The van der Waals surface area contributed by atoms with E-state index in [0.29, 0.717) is 5.92 Å². The first-order chi connectivity index (χ1) is 16.7. The normalized spacial score (nSPS) is 22.9. The molecule has 0 fully saturated rings. The van der Waals surface area contributed by atoms with Gasteiger partial charge in [-0.15, -0.1) is 0 Å². The van der Waals surface area contributed by atoms with Gasteiger partial charge in [-0.25, -0.2) is 9.38 Å². The number of thioether (sulfide) groups is 1. The summed E-state index contributed by atoms with van der Waals surface area (Å²) in [7, 11) is 0. The average molecular weight is 465 g/mol. The number of allylic oxidation sites excluding steroid dienone is 1. The van der Waals surface area contributed by atoms with Crippen LogP contribution in [0, 0.1) is 11.7 Å². The van der Waals surface area contributed by atoms with Crippen LogP contribution in [0.3, 0.4) is 0 Å². The van der Waals surface area contributed by atoms with Crippen molar-refractivity contribution in [1.29, 1.82) is 0 Å². The van der Waals surface area contributed by atoms with Crippen molar-refractivity contribution in [1.82, 2.24) is 4.90 Å². The molecule has 2 atom stereocenters. The summed E-state index contributed by atoms with van der Waals surface area (Å²) in [6, 6.07) is 28.1. The van der Waals surface area contributed by atoms with Crippen molar-refractivity contribution in [3.63, 3.8) is 0 Å². The second-order valence-corrected chi connectivity index (χ2v) is 10.0. The lowest BCUT2D eigenvalue weighted by Crippen LogP contribution is -2.35. The van der Waals surface area contributed by atoms with Gasteiger partial charge in [0.2, 0.25) is 0 Å². The van der Waals surface area contributed by atoms with Crippen molar-refractivity contribution < 1.29 is 4.39 Å². The Morgan fingerprint density at radius 2 is 1.62 bits per heavy atom. The van der Waals surface area contributed by atoms with Crippen LogP contribution >= 0.6 is 11.8 Å². The van der Waals surface area contributed by atoms with Crippen molar-refractivity contribution in [2.24, 2.45) is 10.9 Å². The number of aliphatic imine (C=N–C) groups is 1. The zero-order chi connectivity index (χ0) is 23.1. The highest BCUT2D eigenvalue weighted by Gasteiger charge is 2.41. The molecule has 3 aromatic rings. The first-order valence-corrected chi connectivity index (χ1v) is 12.6. The van der Waals surface area contributed by atoms with Gasteiger partial charge in [0.15, 0.2) is 5.17 Å². The Hall–Kier alpha value is -3.37. The van der Waals surface area contributed by atoms with Gasteiger partial charge in [-0.3, -0.25) is 0 Å². The summed E-state index contributed by atoms with van der Waals surface area (Å²) in [4.78, 5) is 7.59. The van der Waals surface area contributed by atoms with Gasteiger partial charge in [0, 0.05) is 5.41 Å². The molecule has 1 aliphatic carbocycles. The summed E-state index contributed by atoms with van der Waals surface area (Å²) in [6.07, 6.45) is 4.34. The predicted molar refractivity (Wildman–Crippen MR) is 140 cm³/mol. The Morgan fingerprint density at radius 1 is 0.912 bits per heavy atom. The highest BCUT2D eigenvalue weighted by atomic mass is 32.2. The summed E-state index contributed by atoms with van der Waals surface area (Å²) in [5.41, 5.74) is 8.37. The Bertz CT molecular complexity index is 1340. The zero-order valence-electron chi connectivity index (χ0n) is 19.0. The van der Waals surface area contributed by atoms with E-state index >= 15 is 0 Å². The Balaban J connectivity index is 1.51. The molecule has 3 aliphatic rings. The molecule has 3 aromatic carbocycles. The minimum atomic E-state index is -0.219. The SMILES string of the molecule is C[C@H]1CC2=C(N=C3SC=C(c4ccc(F)cc4)N3[C@@H]2c2ccccc2)/C(=C\c2ccccc2)C1. The summed E-state index contributed by atoms with van der Waals surface area (Å²) >= 11 is 1.66. The molecule has 0 aromatic heterocycles. The zero-order valence-corrected chi connectivity index (χ0v) is 19.8. The highest BCUT2D eigenvalue weighted by molar-refractivity contribution is 8.16. The molecule has 0 N–H and O–H groups in total. The van der Waals surface area contributed by atoms with Crippen LogP contribution in [0.4, 0.5) is 4.39 Å². The molecule has 0 saturated heterocycles. The van der Waals surface area contributed by atoms with Gasteiger partial charge in [-0.05, 0) is 76.9 Å². The van der Waals surface area contributed by atoms with Crippen LogP contribution in [0.5, 0.6) is 0 Å². The van der Waals surface area contributed by atoms with E-state index in [1.165, 1.54) is 34.4 Å². The minimum Gasteiger partial charge on any atom is -0.308 e. The van der Waals surface area contributed by atoms with E-state index in [1.807, 2.05) is 12.1 Å². The van der Waals surface area contributed by atoms with Crippen molar-refractivity contribution in [3.8, 4) is 0 Å². The van der Waals surface area contributed by atoms with E-state index in [0.717, 1.165) is 35.0 Å². The van der Waals surface area contributed by atoms with Crippen LogP contribution in [0.25, 0.3) is 11.8 Å². The summed E-state index contributed by atoms with van der Waals surface area (Å²) in [5, 5.41) is 3.14. The molecule has 0 bridgehead atoms. The molecular weight excluding hydrogens is 439 g/mol. The van der Waals surface area contributed by atoms with Crippen LogP contribution < -0.4 is 0 Å². The number of benzene rings is 3. The van der Waals surface area contributed by atoms with E-state index in [2.05, 4.69) is 84.0 Å². The molecule has 0 saturated carbocycles. The number of hydrogen-bond acceptors (Lipinski definition) is 3. The van der Waals surface area contributed by atoms with Crippen molar-refractivity contribution in [3.05, 3.63) is 130 Å². The monoisotopic (exact) mass is 464 g/mol. The molecule has 0 amide bonds. The van der Waals surface area contributed by atoms with Crippen LogP contribution in [0.2, 0.25) is 0 Å². The second-order valence-electron chi connectivity index (χ2n) is 9.17. The topological polar surface area (TPSA) is 15.6 Å². The maximum atomic E-state index is 13.7. The standard InChI is InChI=1S/C30H25FN2S/c1-20-16-24(18-21-8-4-2-5-9-21)28-26(17-20)29(23-10-6-3-7-11-23)33-27(19-34-30(33)32-28)22-12-14-25(31)15-13-22/h2-15,18-20,29H,16-17H2,1H3/b24-18-/t20-,29-/m1/s1. The molecule has 0 unspecified atom stereocenters. The average Bonchev–Trinajstić information content (AvgIpc) is 3.28. The summed E-state index contributed by atoms with van der Waals surface area (Å²) in [6.45, 7) is 2.33. The van der Waals surface area contributed by atoms with E-state index in [-0.39, 0.29) is 11.9 Å². The Morgan fingerprint density at radius 3 is 2.35 bits per heavy atom. The largest absolute Gasteiger partial charge is 0.308 e. The van der Waals surface area contributed by atoms with Gasteiger partial charge in [0.1, 0.15) is 5.82 Å². The van der Waals surface area contributed by atoms with E-state index in [1.54, 1.807) is 11.8 Å². The molecule has 34 heavy (non-hydrogen) atoms. The molecular formula is C30H25FN2S. The Labute approximate surface area is 204 Å². The first kappa shape index (κ1) is 21.2. The fraction of sp³-hybridized carbons (Fsp3) is 0.167. The molecule has 4 heteroatoms. The van der Waals surface area contributed by atoms with Gasteiger partial charge < -0.3 is 4.90 Å². The van der Waals surface area contributed by atoms with Crippen molar-refractivity contribution in [2.75, 3.05) is 0 Å². The van der Waals surface area contributed by atoms with E-state index in [4.69, 9.17) is 4.99 Å². The third-order valence-corrected chi connectivity index (χ3v) is 7.52. The summed E-state index contributed by atoms with van der Waals surface area (Å²) in [5.74, 6) is 0.314. The summed E-state index contributed by atoms with van der Waals surface area (Å²) < 4.78 is 13.7. The molecule has 2 heterocycles. The molecule has 2 nitrogen and oxygen atoms in total.